The van der Waals surface area contributed by atoms with E-state index in [9.17, 15) is 28.0 Å². The predicted octanol–water partition coefficient (Wildman–Crippen LogP) is 4.89. The lowest BCUT2D eigenvalue weighted by Crippen LogP contribution is -2.43. The third-order valence-electron chi connectivity index (χ3n) is 13.4. The number of anilines is 2. The molecule has 0 radical (unpaired) electrons. The maximum absolute atomic E-state index is 14.3. The molecule has 1 amide bonds. The highest BCUT2D eigenvalue weighted by atomic mass is 19.3. The molecule has 2 N–H and O–H groups in total. The van der Waals surface area contributed by atoms with Gasteiger partial charge in [0.1, 0.15) is 17.2 Å². The number of amides is 1. The van der Waals surface area contributed by atoms with Gasteiger partial charge in [0.25, 0.3) is 12.3 Å². The van der Waals surface area contributed by atoms with Crippen molar-refractivity contribution in [1.82, 2.24) is 43.7 Å². The van der Waals surface area contributed by atoms with Crippen LogP contribution >= 0.6 is 0 Å². The van der Waals surface area contributed by atoms with Crippen molar-refractivity contribution < 1.29 is 27.9 Å². The minimum absolute atomic E-state index is 0.00269. The molecule has 1 atom stereocenters. The normalized spacial score (nSPS) is 22.1. The number of ketones is 2. The first-order valence-electron chi connectivity index (χ1n) is 22.2. The van der Waals surface area contributed by atoms with E-state index in [0.29, 0.717) is 31.0 Å². The highest BCUT2D eigenvalue weighted by molar-refractivity contribution is 6.08. The van der Waals surface area contributed by atoms with Gasteiger partial charge in [0.05, 0.1) is 47.5 Å². The quantitative estimate of drug-likeness (QED) is 0.122. The zero-order valence-corrected chi connectivity index (χ0v) is 35.2. The number of para-hydroxylation sites is 1. The van der Waals surface area contributed by atoms with Crippen molar-refractivity contribution >= 4 is 45.7 Å². The smallest absolute Gasteiger partial charge is 0.329 e. The predicted molar refractivity (Wildman–Crippen MR) is 228 cm³/mol. The number of fused-ring (bicyclic) bond motifs is 2. The summed E-state index contributed by atoms with van der Waals surface area (Å²) in [5.74, 6) is 0.430. The van der Waals surface area contributed by atoms with Crippen molar-refractivity contribution in [2.45, 2.75) is 95.2 Å². The number of alkyl halides is 2. The van der Waals surface area contributed by atoms with Crippen LogP contribution in [0.2, 0.25) is 0 Å². The second kappa shape index (κ2) is 18.2. The number of aromatic nitrogens is 7. The molecule has 4 aromatic heterocycles. The molecule has 9 rings (SSSR count). The number of likely N-dealkylation sites (tertiary alicyclic amines) is 1. The monoisotopic (exact) mass is 855 g/mol. The van der Waals surface area contributed by atoms with Gasteiger partial charge in [-0.1, -0.05) is 12.1 Å². The zero-order chi connectivity index (χ0) is 42.9. The molecular formula is C44H55F2N11O5. The zero-order valence-electron chi connectivity index (χ0n) is 35.2. The molecule has 62 heavy (non-hydrogen) atoms. The van der Waals surface area contributed by atoms with Crippen LogP contribution in [0.4, 0.5) is 20.3 Å². The summed E-state index contributed by atoms with van der Waals surface area (Å²) in [5, 5.41) is 14.6. The number of nitrogens with one attached hydrogen (secondary N) is 2. The van der Waals surface area contributed by atoms with Crippen molar-refractivity contribution in [2.24, 2.45) is 13.0 Å². The Morgan fingerprint density at radius 3 is 2.55 bits per heavy atom. The molecule has 16 nitrogen and oxygen atoms in total. The minimum Gasteiger partial charge on any atom is -0.378 e. The number of halogens is 2. The van der Waals surface area contributed by atoms with Gasteiger partial charge in [-0.2, -0.15) is 10.2 Å². The summed E-state index contributed by atoms with van der Waals surface area (Å²) < 4.78 is 41.2. The first-order valence-corrected chi connectivity index (χ1v) is 22.2. The van der Waals surface area contributed by atoms with Gasteiger partial charge in [0.15, 0.2) is 17.1 Å². The highest BCUT2D eigenvalue weighted by Crippen LogP contribution is 2.36. The Morgan fingerprint density at radius 1 is 1.00 bits per heavy atom. The van der Waals surface area contributed by atoms with E-state index < -0.39 is 24.1 Å². The number of carbonyl (C=O) groups excluding carboxylic acids is 3. The van der Waals surface area contributed by atoms with Gasteiger partial charge in [-0.3, -0.25) is 28.2 Å². The van der Waals surface area contributed by atoms with Gasteiger partial charge in [-0.15, -0.1) is 0 Å². The van der Waals surface area contributed by atoms with E-state index in [-0.39, 0.29) is 47.1 Å². The van der Waals surface area contributed by atoms with Crippen LogP contribution < -0.4 is 21.2 Å². The maximum Gasteiger partial charge on any atom is 0.329 e. The standard InChI is InChI=1S/C44H55F2N11O5/c1-52-40-29(4-2-6-36(40)57(44(52)61)35-12-11-31(58)24-37(35)59)5-3-23-62-32-13-18-53(19-14-32)26-28-7-9-30(10-8-28)56-27-34(39(51-56)41(45)46)49-43(60)33-25-48-55-20-15-38(50-42(33)55)54-21-16-47-17-22-54/h2,4,6,15,20,25,27-28,30,32,35,41,47H,3,5,7-14,16-19,21-24,26H2,1H3,(H,49,60). The average molecular weight is 856 g/mol. The van der Waals surface area contributed by atoms with E-state index in [1.165, 1.54) is 10.7 Å². The Hall–Kier alpha value is -5.33. The molecule has 2 saturated heterocycles. The van der Waals surface area contributed by atoms with Crippen LogP contribution in [0.3, 0.4) is 0 Å². The molecule has 4 fully saturated rings. The fourth-order valence-corrected chi connectivity index (χ4v) is 10.0. The SMILES string of the molecule is Cn1c(=O)n(C2CCC(=O)CC2=O)c2cccc(CCCOC3CCN(CC4CCC(n5cc(NC(=O)c6cnn7ccc(N8CCNCC8)nc67)c(C(F)F)n5)CC4)CC3)c21. The number of hydrogen-bond donors (Lipinski definition) is 2. The Balaban J connectivity index is 0.729. The molecule has 18 heteroatoms. The summed E-state index contributed by atoms with van der Waals surface area (Å²) in [6, 6.07) is 7.07. The number of piperazine rings is 1. The van der Waals surface area contributed by atoms with Crippen LogP contribution in [0.25, 0.3) is 16.7 Å². The van der Waals surface area contributed by atoms with Crippen molar-refractivity contribution in [2.75, 3.05) is 62.6 Å². The van der Waals surface area contributed by atoms with Crippen LogP contribution in [0.1, 0.15) is 104 Å². The number of carbonyl (C=O) groups is 3. The number of aryl methyl sites for hydroxylation is 2. The molecule has 330 valence electrons. The lowest BCUT2D eigenvalue weighted by molar-refractivity contribution is -0.132. The van der Waals surface area contributed by atoms with E-state index in [0.717, 1.165) is 120 Å². The first kappa shape index (κ1) is 42.0. The topological polar surface area (TPSA) is 166 Å². The number of imidazole rings is 1. The fourth-order valence-electron chi connectivity index (χ4n) is 10.0. The van der Waals surface area contributed by atoms with Gasteiger partial charge in [0.2, 0.25) is 0 Å². The molecule has 1 unspecified atom stereocenters. The molecular weight excluding hydrogens is 801 g/mol. The van der Waals surface area contributed by atoms with Gasteiger partial charge in [-0.05, 0) is 81.4 Å². The molecule has 4 aliphatic rings. The number of Topliss-reactive ketones (excluding diaryl/α,β-unsaturated/α-hetero) is 2. The molecule has 1 aromatic carbocycles. The molecule has 2 aliphatic heterocycles. The second-order valence-corrected chi connectivity index (χ2v) is 17.4. The number of rotatable bonds is 13. The Kier molecular flexibility index (Phi) is 12.3. The average Bonchev–Trinajstić information content (AvgIpc) is 3.98. The molecule has 5 aromatic rings. The number of piperidine rings is 1. The van der Waals surface area contributed by atoms with E-state index >= 15 is 0 Å². The van der Waals surface area contributed by atoms with E-state index in [4.69, 9.17) is 9.72 Å². The Bertz CT molecular complexity index is 2490. The van der Waals surface area contributed by atoms with Crippen LogP contribution in [-0.4, -0.2) is 114 Å². The van der Waals surface area contributed by atoms with Crippen molar-refractivity contribution in [1.29, 1.82) is 0 Å². The Morgan fingerprint density at radius 2 is 1.79 bits per heavy atom. The molecule has 6 heterocycles. The van der Waals surface area contributed by atoms with Gasteiger partial charge >= 0.3 is 5.69 Å². The van der Waals surface area contributed by atoms with Crippen molar-refractivity contribution in [3.05, 3.63) is 70.2 Å². The van der Waals surface area contributed by atoms with Gasteiger partial charge in [0, 0.05) is 78.3 Å². The third-order valence-corrected chi connectivity index (χ3v) is 13.4. The summed E-state index contributed by atoms with van der Waals surface area (Å²) in [6.45, 7) is 6.79. The minimum atomic E-state index is -2.85. The van der Waals surface area contributed by atoms with Crippen LogP contribution in [0.15, 0.2) is 47.7 Å². The summed E-state index contributed by atoms with van der Waals surface area (Å²) in [4.78, 5) is 60.7. The largest absolute Gasteiger partial charge is 0.378 e. The Labute approximate surface area is 357 Å². The van der Waals surface area contributed by atoms with Crippen LogP contribution in [0.5, 0.6) is 0 Å². The van der Waals surface area contributed by atoms with Gasteiger partial charge in [-0.25, -0.2) is 23.1 Å². The molecule has 2 saturated carbocycles. The summed E-state index contributed by atoms with van der Waals surface area (Å²) in [5.41, 5.74) is 2.51. The summed E-state index contributed by atoms with van der Waals surface area (Å²) >= 11 is 0. The molecule has 0 bridgehead atoms. The maximum atomic E-state index is 14.3. The lowest BCUT2D eigenvalue weighted by atomic mass is 9.85. The number of hydrogen-bond acceptors (Lipinski definition) is 11. The summed E-state index contributed by atoms with van der Waals surface area (Å²) in [7, 11) is 1.75. The fraction of sp³-hybridized carbons (Fsp3) is 0.568. The van der Waals surface area contributed by atoms with Crippen LogP contribution in [0, 0.1) is 5.92 Å². The van der Waals surface area contributed by atoms with E-state index in [1.54, 1.807) is 33.3 Å². The van der Waals surface area contributed by atoms with Gasteiger partial charge < -0.3 is 25.2 Å². The van der Waals surface area contributed by atoms with Crippen molar-refractivity contribution in [3.63, 3.8) is 0 Å². The molecule has 0 spiro atoms. The third kappa shape index (κ3) is 8.68. The first-order chi connectivity index (χ1) is 30.1. The van der Waals surface area contributed by atoms with Crippen molar-refractivity contribution in [3.8, 4) is 0 Å². The summed E-state index contributed by atoms with van der Waals surface area (Å²) in [6.07, 6.45) is 9.66. The molecule has 2 aliphatic carbocycles. The van der Waals surface area contributed by atoms with Crippen LogP contribution in [-0.2, 0) is 27.8 Å². The lowest BCUT2D eigenvalue weighted by Gasteiger charge is -2.36. The second-order valence-electron chi connectivity index (χ2n) is 17.4. The van der Waals surface area contributed by atoms with E-state index in [2.05, 4.69) is 30.6 Å². The number of nitrogens with zero attached hydrogens (tertiary/aromatic N) is 9. The number of benzene rings is 1. The highest BCUT2D eigenvalue weighted by Gasteiger charge is 2.33. The van der Waals surface area contributed by atoms with E-state index in [1.807, 2.05) is 24.3 Å². The number of ether oxygens (including phenoxy) is 1.